The summed E-state index contributed by atoms with van der Waals surface area (Å²) in [6, 6.07) is 3.72. The topological polar surface area (TPSA) is 46.2 Å². The van der Waals surface area contributed by atoms with Crippen molar-refractivity contribution in [1.29, 1.82) is 0 Å². The van der Waals surface area contributed by atoms with Crippen LogP contribution in [0.1, 0.15) is 24.8 Å². The minimum absolute atomic E-state index is 0.120. The number of hydrogen-bond acceptors (Lipinski definition) is 3. The molecule has 5 heteroatoms. The van der Waals surface area contributed by atoms with Crippen LogP contribution in [-0.2, 0) is 10.0 Å². The number of thiophene rings is 1. The van der Waals surface area contributed by atoms with E-state index in [9.17, 15) is 8.42 Å². The highest BCUT2D eigenvalue weighted by molar-refractivity contribution is 7.89. The number of rotatable bonds is 4. The van der Waals surface area contributed by atoms with E-state index in [1.165, 1.54) is 0 Å². The molecule has 0 bridgehead atoms. The molecule has 0 amide bonds. The highest BCUT2D eigenvalue weighted by Gasteiger charge is 2.13. The second-order valence-electron chi connectivity index (χ2n) is 2.76. The van der Waals surface area contributed by atoms with E-state index in [2.05, 4.69) is 4.72 Å². The van der Waals surface area contributed by atoms with Gasteiger partial charge in [0.15, 0.2) is 0 Å². The molecule has 3 nitrogen and oxygen atoms in total. The molecule has 1 atom stereocenters. The van der Waals surface area contributed by atoms with Crippen molar-refractivity contribution in [2.24, 2.45) is 0 Å². The summed E-state index contributed by atoms with van der Waals surface area (Å²) in [5.74, 6) is 0.128. The van der Waals surface area contributed by atoms with Crippen LogP contribution in [0.25, 0.3) is 0 Å². The van der Waals surface area contributed by atoms with Gasteiger partial charge in [0.25, 0.3) is 0 Å². The van der Waals surface area contributed by atoms with Gasteiger partial charge in [-0.15, -0.1) is 11.3 Å². The van der Waals surface area contributed by atoms with Crippen molar-refractivity contribution in [3.63, 3.8) is 0 Å². The van der Waals surface area contributed by atoms with Gasteiger partial charge in [0.2, 0.25) is 10.0 Å². The van der Waals surface area contributed by atoms with Crippen LogP contribution in [0.3, 0.4) is 0 Å². The van der Waals surface area contributed by atoms with Crippen molar-refractivity contribution in [3.05, 3.63) is 22.4 Å². The molecule has 1 heterocycles. The van der Waals surface area contributed by atoms with E-state index >= 15 is 0 Å². The highest BCUT2D eigenvalue weighted by atomic mass is 32.2. The first-order chi connectivity index (χ1) is 6.05. The molecule has 0 aliphatic heterocycles. The quantitative estimate of drug-likeness (QED) is 0.838. The molecule has 0 radical (unpaired) electrons. The van der Waals surface area contributed by atoms with Gasteiger partial charge in [0.05, 0.1) is 11.8 Å². The first kappa shape index (κ1) is 10.7. The van der Waals surface area contributed by atoms with Gasteiger partial charge < -0.3 is 0 Å². The maximum atomic E-state index is 11.2. The molecular formula is C8H13NO2S2. The molecule has 74 valence electrons. The largest absolute Gasteiger partial charge is 0.212 e. The van der Waals surface area contributed by atoms with Gasteiger partial charge in [-0.05, 0) is 25.3 Å². The predicted octanol–water partition coefficient (Wildman–Crippen LogP) is 1.75. The van der Waals surface area contributed by atoms with E-state index in [0.29, 0.717) is 0 Å². The lowest BCUT2D eigenvalue weighted by molar-refractivity contribution is 0.570. The summed E-state index contributed by atoms with van der Waals surface area (Å²) in [4.78, 5) is 1.04. The van der Waals surface area contributed by atoms with Crippen LogP contribution >= 0.6 is 11.3 Å². The average Bonchev–Trinajstić information content (AvgIpc) is 2.55. The fourth-order valence-corrected chi connectivity index (χ4v) is 2.59. The van der Waals surface area contributed by atoms with Crippen LogP contribution < -0.4 is 4.72 Å². The zero-order valence-corrected chi connectivity index (χ0v) is 9.28. The summed E-state index contributed by atoms with van der Waals surface area (Å²) in [7, 11) is -3.09. The number of nitrogens with one attached hydrogen (secondary N) is 1. The van der Waals surface area contributed by atoms with Crippen molar-refractivity contribution in [1.82, 2.24) is 4.72 Å². The standard InChI is InChI=1S/C8H13NO2S2/c1-3-13(10,11)9-7(2)8-5-4-6-12-8/h4-7,9H,3H2,1-2H3. The molecule has 1 unspecified atom stereocenters. The molecule has 1 rings (SSSR count). The molecule has 0 aliphatic carbocycles. The maximum absolute atomic E-state index is 11.2. The Hall–Kier alpha value is -0.390. The summed E-state index contributed by atoms with van der Waals surface area (Å²) in [6.45, 7) is 3.47. The van der Waals surface area contributed by atoms with Gasteiger partial charge >= 0.3 is 0 Å². The van der Waals surface area contributed by atoms with Gasteiger partial charge in [-0.3, -0.25) is 0 Å². The van der Waals surface area contributed by atoms with E-state index in [-0.39, 0.29) is 11.8 Å². The Labute approximate surface area is 82.8 Å². The van der Waals surface area contributed by atoms with Crippen LogP contribution in [0.15, 0.2) is 17.5 Å². The Kier molecular flexibility index (Phi) is 3.47. The maximum Gasteiger partial charge on any atom is 0.211 e. The minimum atomic E-state index is -3.09. The minimum Gasteiger partial charge on any atom is -0.212 e. The van der Waals surface area contributed by atoms with Gasteiger partial charge in [-0.1, -0.05) is 6.07 Å². The molecule has 0 fully saturated rings. The van der Waals surface area contributed by atoms with E-state index in [0.717, 1.165) is 4.88 Å². The van der Waals surface area contributed by atoms with E-state index in [1.807, 2.05) is 24.4 Å². The van der Waals surface area contributed by atoms with E-state index in [1.54, 1.807) is 18.3 Å². The lowest BCUT2D eigenvalue weighted by atomic mass is 10.3. The Morgan fingerprint density at radius 1 is 1.62 bits per heavy atom. The molecule has 1 aromatic rings. The zero-order chi connectivity index (χ0) is 9.90. The molecule has 1 aromatic heterocycles. The SMILES string of the molecule is CCS(=O)(=O)NC(C)c1cccs1. The van der Waals surface area contributed by atoms with Crippen LogP contribution in [0.2, 0.25) is 0 Å². The molecule has 1 N–H and O–H groups in total. The smallest absolute Gasteiger partial charge is 0.211 e. The lowest BCUT2D eigenvalue weighted by Gasteiger charge is -2.10. The third-order valence-electron chi connectivity index (χ3n) is 1.71. The van der Waals surface area contributed by atoms with Crippen molar-refractivity contribution in [2.75, 3.05) is 5.75 Å². The first-order valence-corrected chi connectivity index (χ1v) is 6.62. The number of sulfonamides is 1. The van der Waals surface area contributed by atoms with E-state index in [4.69, 9.17) is 0 Å². The summed E-state index contributed by atoms with van der Waals surface area (Å²) >= 11 is 1.56. The Balaban J connectivity index is 2.67. The number of hydrogen-bond donors (Lipinski definition) is 1. The van der Waals surface area contributed by atoms with Crippen LogP contribution in [-0.4, -0.2) is 14.2 Å². The highest BCUT2D eigenvalue weighted by Crippen LogP contribution is 2.18. The fourth-order valence-electron chi connectivity index (χ4n) is 0.948. The zero-order valence-electron chi connectivity index (χ0n) is 7.65. The second-order valence-corrected chi connectivity index (χ2v) is 5.78. The summed E-state index contributed by atoms with van der Waals surface area (Å²) in [5, 5.41) is 1.94. The van der Waals surface area contributed by atoms with Gasteiger partial charge in [-0.25, -0.2) is 13.1 Å². The molecule has 0 aliphatic rings. The summed E-state index contributed by atoms with van der Waals surface area (Å²) in [5.41, 5.74) is 0. The molecule has 0 saturated heterocycles. The Bertz CT molecular complexity index is 342. The Morgan fingerprint density at radius 2 is 2.31 bits per heavy atom. The van der Waals surface area contributed by atoms with Crippen molar-refractivity contribution in [3.8, 4) is 0 Å². The lowest BCUT2D eigenvalue weighted by Crippen LogP contribution is -2.27. The molecule has 0 spiro atoms. The monoisotopic (exact) mass is 219 g/mol. The molecule has 13 heavy (non-hydrogen) atoms. The third kappa shape index (κ3) is 3.10. The molecular weight excluding hydrogens is 206 g/mol. The van der Waals surface area contributed by atoms with Crippen LogP contribution in [0, 0.1) is 0 Å². The molecule has 0 saturated carbocycles. The van der Waals surface area contributed by atoms with Gasteiger partial charge in [0, 0.05) is 4.88 Å². The van der Waals surface area contributed by atoms with Crippen molar-refractivity contribution in [2.45, 2.75) is 19.9 Å². The van der Waals surface area contributed by atoms with E-state index < -0.39 is 10.0 Å². The summed E-state index contributed by atoms with van der Waals surface area (Å²) < 4.78 is 25.0. The third-order valence-corrected chi connectivity index (χ3v) is 4.23. The molecule has 0 aromatic carbocycles. The summed E-state index contributed by atoms with van der Waals surface area (Å²) in [6.07, 6.45) is 0. The van der Waals surface area contributed by atoms with Crippen LogP contribution in [0.5, 0.6) is 0 Å². The predicted molar refractivity (Wildman–Crippen MR) is 55.3 cm³/mol. The fraction of sp³-hybridized carbons (Fsp3) is 0.500. The van der Waals surface area contributed by atoms with Crippen molar-refractivity contribution >= 4 is 21.4 Å². The first-order valence-electron chi connectivity index (χ1n) is 4.08. The van der Waals surface area contributed by atoms with Gasteiger partial charge in [-0.2, -0.15) is 0 Å². The Morgan fingerprint density at radius 3 is 2.77 bits per heavy atom. The van der Waals surface area contributed by atoms with Crippen LogP contribution in [0.4, 0.5) is 0 Å². The average molecular weight is 219 g/mol. The normalized spacial score (nSPS) is 14.3. The second kappa shape index (κ2) is 4.21. The van der Waals surface area contributed by atoms with Crippen molar-refractivity contribution < 1.29 is 8.42 Å². The van der Waals surface area contributed by atoms with Gasteiger partial charge in [0.1, 0.15) is 0 Å².